The number of ether oxygens (including phenoxy) is 3. The van der Waals surface area contributed by atoms with E-state index >= 15 is 0 Å². The van der Waals surface area contributed by atoms with E-state index in [0.29, 0.717) is 11.3 Å². The van der Waals surface area contributed by atoms with Crippen LogP contribution in [0.4, 0.5) is 5.69 Å². The number of hydroxylamine groups is 1. The number of hydrogen-bond acceptors (Lipinski definition) is 10. The Morgan fingerprint density at radius 1 is 0.974 bits per heavy atom. The molecule has 3 N–H and O–H groups in total. The van der Waals surface area contributed by atoms with Crippen LogP contribution < -0.4 is 10.2 Å². The Labute approximate surface area is 219 Å². The molecule has 0 aromatic heterocycles. The average Bonchev–Trinajstić information content (AvgIpc) is 2.86. The Morgan fingerprint density at radius 3 is 2.29 bits per heavy atom. The number of anilines is 1. The third-order valence-corrected chi connectivity index (χ3v) is 6.63. The Balaban J connectivity index is 1.64. The van der Waals surface area contributed by atoms with Gasteiger partial charge in [0.1, 0.15) is 6.10 Å². The summed E-state index contributed by atoms with van der Waals surface area (Å²) in [4.78, 5) is 40.4. The van der Waals surface area contributed by atoms with Gasteiger partial charge >= 0.3 is 11.9 Å². The van der Waals surface area contributed by atoms with Crippen molar-refractivity contribution in [2.24, 2.45) is 0 Å². The molecule has 0 aliphatic carbocycles. The molecule has 1 aliphatic heterocycles. The summed E-state index contributed by atoms with van der Waals surface area (Å²) >= 11 is 0. The van der Waals surface area contributed by atoms with E-state index in [1.165, 1.54) is 31.2 Å². The van der Waals surface area contributed by atoms with Crippen LogP contribution in [0.3, 0.4) is 0 Å². The van der Waals surface area contributed by atoms with Gasteiger partial charge in [-0.3, -0.25) is 19.1 Å². The SMILES string of the molecule is CC(=O)O[C@@H]1[C@H](ONC(=O)/C=C/c2cccc(S(=O)(=O)Nc3ccccc3)c2)O[C@@H](C)[C@@H](OC(C)=O)[C@H]1O. The lowest BCUT2D eigenvalue weighted by atomic mass is 9.99. The quantitative estimate of drug-likeness (QED) is 0.237. The smallest absolute Gasteiger partial charge is 0.303 e. The van der Waals surface area contributed by atoms with E-state index in [2.05, 4.69) is 10.2 Å². The van der Waals surface area contributed by atoms with E-state index in [9.17, 15) is 27.9 Å². The summed E-state index contributed by atoms with van der Waals surface area (Å²) in [6.45, 7) is 3.76. The number of aliphatic hydroxyl groups is 1. The maximum Gasteiger partial charge on any atom is 0.303 e. The summed E-state index contributed by atoms with van der Waals surface area (Å²) < 4.78 is 43.5. The monoisotopic (exact) mass is 548 g/mol. The van der Waals surface area contributed by atoms with Gasteiger partial charge in [-0.15, -0.1) is 0 Å². The minimum atomic E-state index is -3.86. The third kappa shape index (κ3) is 7.86. The van der Waals surface area contributed by atoms with Crippen LogP contribution in [-0.4, -0.2) is 62.1 Å². The van der Waals surface area contributed by atoms with Crippen molar-refractivity contribution in [3.63, 3.8) is 0 Å². The van der Waals surface area contributed by atoms with E-state index in [4.69, 9.17) is 19.0 Å². The fourth-order valence-electron chi connectivity index (χ4n) is 3.59. The third-order valence-electron chi connectivity index (χ3n) is 5.25. The first-order chi connectivity index (χ1) is 18.0. The van der Waals surface area contributed by atoms with Crippen molar-refractivity contribution in [1.82, 2.24) is 5.48 Å². The molecule has 5 atom stereocenters. The molecule has 12 nitrogen and oxygen atoms in total. The normalized spacial score (nSPS) is 23.4. The van der Waals surface area contributed by atoms with Gasteiger partial charge in [0.05, 0.1) is 11.0 Å². The number of amides is 1. The molecule has 1 amide bonds. The van der Waals surface area contributed by atoms with Crippen LogP contribution >= 0.6 is 0 Å². The fraction of sp³-hybridized carbons (Fsp3) is 0.320. The number of benzene rings is 2. The van der Waals surface area contributed by atoms with Crippen molar-refractivity contribution in [2.75, 3.05) is 4.72 Å². The van der Waals surface area contributed by atoms with Crippen LogP contribution in [0.15, 0.2) is 65.6 Å². The topological polar surface area (TPSA) is 167 Å². The van der Waals surface area contributed by atoms with Crippen molar-refractivity contribution in [2.45, 2.75) is 56.4 Å². The molecule has 1 heterocycles. The van der Waals surface area contributed by atoms with Gasteiger partial charge < -0.3 is 19.3 Å². The Bertz CT molecular complexity index is 1280. The van der Waals surface area contributed by atoms with E-state index in [0.717, 1.165) is 19.9 Å². The van der Waals surface area contributed by atoms with Gasteiger partial charge in [0.2, 0.25) is 6.29 Å². The van der Waals surface area contributed by atoms with Gasteiger partial charge in [-0.1, -0.05) is 30.3 Å². The lowest BCUT2D eigenvalue weighted by molar-refractivity contribution is -0.309. The molecule has 2 aromatic carbocycles. The zero-order valence-electron chi connectivity index (χ0n) is 20.8. The van der Waals surface area contributed by atoms with Gasteiger partial charge in [0, 0.05) is 25.6 Å². The number of sulfonamides is 1. The molecule has 0 saturated carbocycles. The molecule has 204 valence electrons. The molecule has 1 fully saturated rings. The van der Waals surface area contributed by atoms with Gasteiger partial charge in [-0.25, -0.2) is 18.7 Å². The van der Waals surface area contributed by atoms with Crippen LogP contribution in [-0.2, 0) is 43.5 Å². The molecule has 1 saturated heterocycles. The van der Waals surface area contributed by atoms with Crippen LogP contribution in [0.5, 0.6) is 0 Å². The zero-order chi connectivity index (χ0) is 27.9. The van der Waals surface area contributed by atoms with Gasteiger partial charge in [0.25, 0.3) is 15.9 Å². The fourth-order valence-corrected chi connectivity index (χ4v) is 4.70. The van der Waals surface area contributed by atoms with Crippen LogP contribution in [0.2, 0.25) is 0 Å². The van der Waals surface area contributed by atoms with Crippen molar-refractivity contribution < 1.29 is 47.0 Å². The van der Waals surface area contributed by atoms with Crippen molar-refractivity contribution >= 4 is 39.6 Å². The number of esters is 2. The number of hydrogen-bond donors (Lipinski definition) is 3. The summed E-state index contributed by atoms with van der Waals surface area (Å²) in [6, 6.07) is 14.3. The highest BCUT2D eigenvalue weighted by atomic mass is 32.2. The number of aliphatic hydroxyl groups excluding tert-OH is 1. The summed E-state index contributed by atoms with van der Waals surface area (Å²) in [6.07, 6.45) is -3.85. The van der Waals surface area contributed by atoms with Crippen LogP contribution in [0.1, 0.15) is 26.3 Å². The highest BCUT2D eigenvalue weighted by Gasteiger charge is 2.48. The standard InChI is InChI=1S/C25H28N2O10S/c1-15-23(35-16(2)28)22(31)24(36-17(3)29)25(34-15)37-26-21(30)13-12-18-8-7-11-20(14-18)38(32,33)27-19-9-5-4-6-10-19/h4-15,22-25,27,31H,1-3H3,(H,26,30)/b13-12+/t15-,22+,23+,24-,25-/m0/s1. The molecule has 0 spiro atoms. The largest absolute Gasteiger partial charge is 0.457 e. The number of para-hydroxylation sites is 1. The van der Waals surface area contributed by atoms with E-state index in [1.54, 1.807) is 36.4 Å². The highest BCUT2D eigenvalue weighted by Crippen LogP contribution is 2.26. The second-order valence-electron chi connectivity index (χ2n) is 8.31. The van der Waals surface area contributed by atoms with Crippen LogP contribution in [0, 0.1) is 0 Å². The lowest BCUT2D eigenvalue weighted by Crippen LogP contribution is -2.60. The number of carbonyl (C=O) groups excluding carboxylic acids is 3. The summed E-state index contributed by atoms with van der Waals surface area (Å²) in [7, 11) is -3.86. The highest BCUT2D eigenvalue weighted by molar-refractivity contribution is 7.92. The molecule has 38 heavy (non-hydrogen) atoms. The van der Waals surface area contributed by atoms with Crippen molar-refractivity contribution in [3.05, 3.63) is 66.2 Å². The van der Waals surface area contributed by atoms with Crippen molar-refractivity contribution in [3.8, 4) is 0 Å². The first kappa shape index (κ1) is 28.8. The van der Waals surface area contributed by atoms with E-state index < -0.39 is 58.6 Å². The Kier molecular flexibility index (Phi) is 9.58. The minimum absolute atomic E-state index is 0.00898. The molecular formula is C25H28N2O10S. The zero-order valence-corrected chi connectivity index (χ0v) is 21.6. The summed E-state index contributed by atoms with van der Waals surface area (Å²) in [5.41, 5.74) is 2.92. The molecule has 13 heteroatoms. The molecule has 0 bridgehead atoms. The lowest BCUT2D eigenvalue weighted by Gasteiger charge is -2.41. The molecule has 0 unspecified atom stereocenters. The number of carbonyl (C=O) groups is 3. The first-order valence-corrected chi connectivity index (χ1v) is 12.9. The maximum absolute atomic E-state index is 12.7. The minimum Gasteiger partial charge on any atom is -0.457 e. The molecule has 1 aliphatic rings. The first-order valence-electron chi connectivity index (χ1n) is 11.5. The second-order valence-corrected chi connectivity index (χ2v) is 9.99. The molecule has 2 aromatic rings. The number of nitrogens with one attached hydrogen (secondary N) is 2. The Morgan fingerprint density at radius 2 is 1.63 bits per heavy atom. The average molecular weight is 549 g/mol. The predicted octanol–water partition coefficient (Wildman–Crippen LogP) is 1.52. The van der Waals surface area contributed by atoms with Gasteiger partial charge in [-0.2, -0.15) is 0 Å². The maximum atomic E-state index is 12.7. The van der Waals surface area contributed by atoms with Gasteiger partial charge in [-0.05, 0) is 42.8 Å². The summed E-state index contributed by atoms with van der Waals surface area (Å²) in [5, 5.41) is 10.6. The van der Waals surface area contributed by atoms with Gasteiger partial charge in [0.15, 0.2) is 12.2 Å². The van der Waals surface area contributed by atoms with E-state index in [1.807, 2.05) is 0 Å². The van der Waals surface area contributed by atoms with E-state index in [-0.39, 0.29) is 4.90 Å². The number of rotatable bonds is 9. The van der Waals surface area contributed by atoms with Crippen LogP contribution in [0.25, 0.3) is 6.08 Å². The van der Waals surface area contributed by atoms with Crippen molar-refractivity contribution in [1.29, 1.82) is 0 Å². The summed E-state index contributed by atoms with van der Waals surface area (Å²) in [5.74, 6) is -2.18. The predicted molar refractivity (Wildman–Crippen MR) is 133 cm³/mol. The molecular weight excluding hydrogens is 520 g/mol. The molecule has 0 radical (unpaired) electrons. The molecule has 3 rings (SSSR count). The second kappa shape index (κ2) is 12.6. The Hall–Kier alpha value is -3.78.